The average molecular weight is 354 g/mol. The zero-order valence-electron chi connectivity index (χ0n) is 12.7. The van der Waals surface area contributed by atoms with Gasteiger partial charge in [-0.15, -0.1) is 12.4 Å². The van der Waals surface area contributed by atoms with Crippen LogP contribution in [0.5, 0.6) is 0 Å². The van der Waals surface area contributed by atoms with Crippen LogP contribution in [0.15, 0.2) is 24.3 Å². The maximum atomic E-state index is 12.4. The van der Waals surface area contributed by atoms with Crippen molar-refractivity contribution in [3.05, 3.63) is 35.4 Å². The van der Waals surface area contributed by atoms with E-state index in [0.717, 1.165) is 24.3 Å². The molecule has 0 spiro atoms. The summed E-state index contributed by atoms with van der Waals surface area (Å²) in [4.78, 5) is 24.9. The van der Waals surface area contributed by atoms with E-state index in [1.807, 2.05) is 0 Å². The third-order valence-corrected chi connectivity index (χ3v) is 3.00. The molecule has 23 heavy (non-hydrogen) atoms. The van der Waals surface area contributed by atoms with Crippen molar-refractivity contribution in [3.8, 4) is 0 Å². The smallest absolute Gasteiger partial charge is 0.343 e. The van der Waals surface area contributed by atoms with E-state index in [9.17, 15) is 22.8 Å². The molecule has 9 heteroatoms. The monoisotopic (exact) mass is 353 g/mol. The number of nitrogens with zero attached hydrogens (tertiary/aromatic N) is 1. The second kappa shape index (κ2) is 9.36. The average Bonchev–Trinajstić information content (AvgIpc) is 2.49. The maximum Gasteiger partial charge on any atom is 0.416 e. The summed E-state index contributed by atoms with van der Waals surface area (Å²) >= 11 is 0. The number of rotatable bonds is 6. The SMILES string of the molecule is CNCCN(C)C(=O)CNC(=O)c1ccc(C(F)(F)F)cc1.Cl. The van der Waals surface area contributed by atoms with Crippen LogP contribution in [0.25, 0.3) is 0 Å². The summed E-state index contributed by atoms with van der Waals surface area (Å²) in [6, 6.07) is 3.81. The molecule has 0 saturated carbocycles. The highest BCUT2D eigenvalue weighted by molar-refractivity contribution is 5.96. The molecule has 2 N–H and O–H groups in total. The fourth-order valence-corrected chi connectivity index (χ4v) is 1.61. The Hall–Kier alpha value is -1.80. The quantitative estimate of drug-likeness (QED) is 0.815. The number of hydrogen-bond acceptors (Lipinski definition) is 3. The van der Waals surface area contributed by atoms with E-state index in [1.165, 1.54) is 4.90 Å². The molecule has 1 aromatic rings. The largest absolute Gasteiger partial charge is 0.416 e. The number of nitrogens with one attached hydrogen (secondary N) is 2. The predicted octanol–water partition coefficient (Wildman–Crippen LogP) is 1.53. The van der Waals surface area contributed by atoms with E-state index in [1.54, 1.807) is 14.1 Å². The molecule has 1 aromatic carbocycles. The molecule has 0 bridgehead atoms. The summed E-state index contributed by atoms with van der Waals surface area (Å²) in [5, 5.41) is 5.27. The van der Waals surface area contributed by atoms with Crippen molar-refractivity contribution in [3.63, 3.8) is 0 Å². The first-order valence-electron chi connectivity index (χ1n) is 6.59. The maximum absolute atomic E-state index is 12.4. The molecule has 5 nitrogen and oxygen atoms in total. The molecule has 0 aromatic heterocycles. The third-order valence-electron chi connectivity index (χ3n) is 3.00. The van der Waals surface area contributed by atoms with Crippen molar-refractivity contribution in [2.24, 2.45) is 0 Å². The van der Waals surface area contributed by atoms with E-state index in [2.05, 4.69) is 10.6 Å². The van der Waals surface area contributed by atoms with Crippen LogP contribution in [0.3, 0.4) is 0 Å². The van der Waals surface area contributed by atoms with E-state index in [0.29, 0.717) is 13.1 Å². The van der Waals surface area contributed by atoms with Crippen LogP contribution in [0.4, 0.5) is 13.2 Å². The summed E-state index contributed by atoms with van der Waals surface area (Å²) in [6.07, 6.45) is -4.44. The van der Waals surface area contributed by atoms with Gasteiger partial charge in [0.15, 0.2) is 0 Å². The highest BCUT2D eigenvalue weighted by atomic mass is 35.5. The molecule has 0 aliphatic rings. The summed E-state index contributed by atoms with van der Waals surface area (Å²) < 4.78 is 37.2. The van der Waals surface area contributed by atoms with Crippen molar-refractivity contribution in [2.75, 3.05) is 33.7 Å². The van der Waals surface area contributed by atoms with Gasteiger partial charge in [0, 0.05) is 25.7 Å². The molecule has 0 radical (unpaired) electrons. The third kappa shape index (κ3) is 6.87. The molecule has 0 saturated heterocycles. The number of carbonyl (C=O) groups is 2. The number of amides is 2. The molecule has 0 atom stereocenters. The standard InChI is InChI=1S/C14H18F3N3O2.ClH/c1-18-7-8-20(2)12(21)9-19-13(22)10-3-5-11(6-4-10)14(15,16)17;/h3-6,18H,7-9H2,1-2H3,(H,19,22);1H. The molecule has 0 aliphatic carbocycles. The van der Waals surface area contributed by atoms with Gasteiger partial charge in [-0.1, -0.05) is 0 Å². The fraction of sp³-hybridized carbons (Fsp3) is 0.429. The number of carbonyl (C=O) groups excluding carboxylic acids is 2. The molecular formula is C14H19ClF3N3O2. The zero-order valence-corrected chi connectivity index (χ0v) is 13.6. The van der Waals surface area contributed by atoms with Crippen LogP contribution in [0.1, 0.15) is 15.9 Å². The van der Waals surface area contributed by atoms with Crippen LogP contribution in [-0.2, 0) is 11.0 Å². The lowest BCUT2D eigenvalue weighted by atomic mass is 10.1. The van der Waals surface area contributed by atoms with Crippen LogP contribution < -0.4 is 10.6 Å². The van der Waals surface area contributed by atoms with Gasteiger partial charge >= 0.3 is 6.18 Å². The van der Waals surface area contributed by atoms with Gasteiger partial charge in [-0.05, 0) is 31.3 Å². The minimum atomic E-state index is -4.44. The van der Waals surface area contributed by atoms with Gasteiger partial charge in [-0.2, -0.15) is 13.2 Å². The van der Waals surface area contributed by atoms with Gasteiger partial charge in [0.2, 0.25) is 5.91 Å². The second-order valence-corrected chi connectivity index (χ2v) is 4.68. The number of likely N-dealkylation sites (N-methyl/N-ethyl adjacent to an activating group) is 2. The van der Waals surface area contributed by atoms with Crippen LogP contribution in [0, 0.1) is 0 Å². The topological polar surface area (TPSA) is 61.4 Å². The Morgan fingerprint density at radius 2 is 1.74 bits per heavy atom. The Kier molecular flexibility index (Phi) is 8.63. The Morgan fingerprint density at radius 1 is 1.17 bits per heavy atom. The van der Waals surface area contributed by atoms with Crippen LogP contribution in [-0.4, -0.2) is 50.4 Å². The molecule has 0 aliphatic heterocycles. The van der Waals surface area contributed by atoms with E-state index in [4.69, 9.17) is 0 Å². The normalized spacial score (nSPS) is 10.7. The van der Waals surface area contributed by atoms with Gasteiger partial charge in [0.1, 0.15) is 0 Å². The Bertz CT molecular complexity index is 521. The van der Waals surface area contributed by atoms with Crippen LogP contribution in [0.2, 0.25) is 0 Å². The first-order chi connectivity index (χ1) is 10.3. The van der Waals surface area contributed by atoms with Crippen LogP contribution >= 0.6 is 12.4 Å². The molecule has 130 valence electrons. The van der Waals surface area contributed by atoms with Gasteiger partial charge in [-0.25, -0.2) is 0 Å². The number of benzene rings is 1. The van der Waals surface area contributed by atoms with Gasteiger partial charge in [-0.3, -0.25) is 9.59 Å². The molecule has 0 fully saturated rings. The lowest BCUT2D eigenvalue weighted by Crippen LogP contribution is -2.40. The molecule has 2 amide bonds. The van der Waals surface area contributed by atoms with Crippen molar-refractivity contribution < 1.29 is 22.8 Å². The Labute approximate surface area is 138 Å². The number of alkyl halides is 3. The van der Waals surface area contributed by atoms with E-state index in [-0.39, 0.29) is 30.4 Å². The summed E-state index contributed by atoms with van der Waals surface area (Å²) in [5.41, 5.74) is -0.759. The van der Waals surface area contributed by atoms with Crippen molar-refractivity contribution in [1.29, 1.82) is 0 Å². The predicted molar refractivity (Wildman–Crippen MR) is 82.6 cm³/mol. The van der Waals surface area contributed by atoms with Gasteiger partial charge in [0.25, 0.3) is 5.91 Å². The summed E-state index contributed by atoms with van der Waals surface area (Å²) in [6.45, 7) is 0.903. The minimum absolute atomic E-state index is 0. The van der Waals surface area contributed by atoms with Crippen molar-refractivity contribution >= 4 is 24.2 Å². The number of halogens is 4. The molecule has 0 unspecified atom stereocenters. The van der Waals surface area contributed by atoms with E-state index < -0.39 is 17.6 Å². The first-order valence-corrected chi connectivity index (χ1v) is 6.59. The molecular weight excluding hydrogens is 335 g/mol. The van der Waals surface area contributed by atoms with Gasteiger partial charge in [0.05, 0.1) is 12.1 Å². The highest BCUT2D eigenvalue weighted by Crippen LogP contribution is 2.28. The summed E-state index contributed by atoms with van der Waals surface area (Å²) in [7, 11) is 3.36. The molecule has 0 heterocycles. The first kappa shape index (κ1) is 21.2. The summed E-state index contributed by atoms with van der Waals surface area (Å²) in [5.74, 6) is -0.875. The Morgan fingerprint density at radius 3 is 2.22 bits per heavy atom. The lowest BCUT2D eigenvalue weighted by Gasteiger charge is -2.17. The van der Waals surface area contributed by atoms with Crippen molar-refractivity contribution in [2.45, 2.75) is 6.18 Å². The Balaban J connectivity index is 0.00000484. The number of hydrogen-bond donors (Lipinski definition) is 2. The highest BCUT2D eigenvalue weighted by Gasteiger charge is 2.30. The van der Waals surface area contributed by atoms with E-state index >= 15 is 0 Å². The minimum Gasteiger partial charge on any atom is -0.343 e. The second-order valence-electron chi connectivity index (χ2n) is 4.68. The fourth-order valence-electron chi connectivity index (χ4n) is 1.61. The van der Waals surface area contributed by atoms with Gasteiger partial charge < -0.3 is 15.5 Å². The molecule has 1 rings (SSSR count). The lowest BCUT2D eigenvalue weighted by molar-refractivity contribution is -0.137. The zero-order chi connectivity index (χ0) is 16.8. The van der Waals surface area contributed by atoms with Crippen molar-refractivity contribution in [1.82, 2.24) is 15.5 Å².